The van der Waals surface area contributed by atoms with Crippen LogP contribution in [-0.4, -0.2) is 35.1 Å². The first kappa shape index (κ1) is 15.3. The third-order valence-corrected chi connectivity index (χ3v) is 5.06. The van der Waals surface area contributed by atoms with E-state index in [1.165, 1.54) is 25.7 Å². The van der Waals surface area contributed by atoms with Crippen LogP contribution in [-0.2, 0) is 11.4 Å². The number of carbonyl (C=O) groups excluding carboxylic acids is 1. The van der Waals surface area contributed by atoms with Gasteiger partial charge in [0.15, 0.2) is 6.61 Å². The SMILES string of the molecule is O=C(COc1ccccc1CO)N1CCCC2CCCCC21. The Morgan fingerprint density at radius 3 is 2.82 bits per heavy atom. The number of carbonyl (C=O) groups is 1. The van der Waals surface area contributed by atoms with Crippen molar-refractivity contribution >= 4 is 5.91 Å². The number of hydrogen-bond donors (Lipinski definition) is 1. The number of likely N-dealkylation sites (tertiary alicyclic amines) is 1. The fourth-order valence-electron chi connectivity index (χ4n) is 3.93. The Labute approximate surface area is 132 Å². The number of ether oxygens (including phenoxy) is 1. The molecule has 3 rings (SSSR count). The van der Waals surface area contributed by atoms with E-state index < -0.39 is 0 Å². The lowest BCUT2D eigenvalue weighted by molar-refractivity contribution is -0.139. The van der Waals surface area contributed by atoms with E-state index in [4.69, 9.17) is 4.74 Å². The number of amides is 1. The molecular formula is C18H25NO3. The highest BCUT2D eigenvalue weighted by Crippen LogP contribution is 2.35. The first-order valence-corrected chi connectivity index (χ1v) is 8.40. The van der Waals surface area contributed by atoms with Crippen LogP contribution in [0.3, 0.4) is 0 Å². The second-order valence-electron chi connectivity index (χ2n) is 6.40. The fraction of sp³-hybridized carbons (Fsp3) is 0.611. The molecule has 4 nitrogen and oxygen atoms in total. The van der Waals surface area contributed by atoms with E-state index in [0.29, 0.717) is 17.7 Å². The van der Waals surface area contributed by atoms with E-state index in [1.807, 2.05) is 18.2 Å². The molecule has 120 valence electrons. The molecule has 2 unspecified atom stereocenters. The number of para-hydroxylation sites is 1. The molecule has 0 aromatic heterocycles. The number of aliphatic hydroxyl groups is 1. The summed E-state index contributed by atoms with van der Waals surface area (Å²) in [5.74, 6) is 1.39. The van der Waals surface area contributed by atoms with Gasteiger partial charge in [0.1, 0.15) is 5.75 Å². The Morgan fingerprint density at radius 2 is 1.95 bits per heavy atom. The molecule has 1 saturated carbocycles. The average Bonchev–Trinajstić information content (AvgIpc) is 2.59. The molecule has 0 bridgehead atoms. The van der Waals surface area contributed by atoms with Gasteiger partial charge in [-0.15, -0.1) is 0 Å². The summed E-state index contributed by atoms with van der Waals surface area (Å²) in [6, 6.07) is 7.76. The van der Waals surface area contributed by atoms with Gasteiger partial charge in [-0.3, -0.25) is 4.79 Å². The zero-order valence-corrected chi connectivity index (χ0v) is 13.0. The molecule has 1 aromatic carbocycles. The van der Waals surface area contributed by atoms with Crippen LogP contribution in [0.25, 0.3) is 0 Å². The standard InChI is InChI=1S/C18H25NO3/c20-12-15-7-2-4-10-17(15)22-13-18(21)19-11-5-8-14-6-1-3-9-16(14)19/h2,4,7,10,14,16,20H,1,3,5-6,8-9,11-13H2. The summed E-state index contributed by atoms with van der Waals surface area (Å²) in [7, 11) is 0. The Hall–Kier alpha value is -1.55. The van der Waals surface area contributed by atoms with Crippen molar-refractivity contribution in [3.05, 3.63) is 29.8 Å². The van der Waals surface area contributed by atoms with Gasteiger partial charge in [-0.1, -0.05) is 31.0 Å². The number of piperidine rings is 1. The first-order chi connectivity index (χ1) is 10.8. The maximum atomic E-state index is 12.6. The van der Waals surface area contributed by atoms with Crippen molar-refractivity contribution in [1.29, 1.82) is 0 Å². The maximum absolute atomic E-state index is 12.6. The molecule has 1 aliphatic carbocycles. The normalized spacial score (nSPS) is 24.7. The summed E-state index contributed by atoms with van der Waals surface area (Å²) in [6.07, 6.45) is 7.33. The molecule has 0 spiro atoms. The lowest BCUT2D eigenvalue weighted by Gasteiger charge is -2.44. The second-order valence-corrected chi connectivity index (χ2v) is 6.40. The smallest absolute Gasteiger partial charge is 0.260 e. The minimum Gasteiger partial charge on any atom is -0.483 e. The predicted octanol–water partition coefficient (Wildman–Crippen LogP) is 2.74. The van der Waals surface area contributed by atoms with Crippen LogP contribution in [0.1, 0.15) is 44.1 Å². The third-order valence-electron chi connectivity index (χ3n) is 5.06. The molecule has 1 aliphatic heterocycles. The van der Waals surface area contributed by atoms with E-state index in [0.717, 1.165) is 24.9 Å². The molecule has 1 saturated heterocycles. The number of fused-ring (bicyclic) bond motifs is 1. The summed E-state index contributed by atoms with van der Waals surface area (Å²) < 4.78 is 5.67. The van der Waals surface area contributed by atoms with Gasteiger partial charge < -0.3 is 14.7 Å². The highest BCUT2D eigenvalue weighted by molar-refractivity contribution is 5.78. The van der Waals surface area contributed by atoms with E-state index in [-0.39, 0.29) is 19.1 Å². The predicted molar refractivity (Wildman–Crippen MR) is 84.6 cm³/mol. The summed E-state index contributed by atoms with van der Waals surface area (Å²) in [6.45, 7) is 0.865. The van der Waals surface area contributed by atoms with Crippen LogP contribution < -0.4 is 4.74 Å². The van der Waals surface area contributed by atoms with Gasteiger partial charge in [0, 0.05) is 18.2 Å². The zero-order valence-electron chi connectivity index (χ0n) is 13.0. The number of benzene rings is 1. The monoisotopic (exact) mass is 303 g/mol. The molecular weight excluding hydrogens is 278 g/mol. The molecule has 2 aliphatic rings. The third kappa shape index (κ3) is 3.27. The Balaban J connectivity index is 1.61. The van der Waals surface area contributed by atoms with Crippen molar-refractivity contribution in [2.24, 2.45) is 5.92 Å². The summed E-state index contributed by atoms with van der Waals surface area (Å²) >= 11 is 0. The van der Waals surface area contributed by atoms with Crippen LogP contribution in [0.5, 0.6) is 5.75 Å². The lowest BCUT2D eigenvalue weighted by Crippen LogP contribution is -2.51. The summed E-state index contributed by atoms with van der Waals surface area (Å²) in [5, 5.41) is 9.31. The molecule has 1 aromatic rings. The second kappa shape index (κ2) is 7.14. The van der Waals surface area contributed by atoms with Gasteiger partial charge in [0.2, 0.25) is 0 Å². The quantitative estimate of drug-likeness (QED) is 0.930. The molecule has 0 radical (unpaired) electrons. The van der Waals surface area contributed by atoms with Crippen molar-refractivity contribution in [3.8, 4) is 5.75 Å². The Morgan fingerprint density at radius 1 is 1.18 bits per heavy atom. The van der Waals surface area contributed by atoms with Gasteiger partial charge in [-0.25, -0.2) is 0 Å². The molecule has 2 fully saturated rings. The first-order valence-electron chi connectivity index (χ1n) is 8.40. The largest absolute Gasteiger partial charge is 0.483 e. The van der Waals surface area contributed by atoms with Crippen LogP contribution in [0, 0.1) is 5.92 Å². The van der Waals surface area contributed by atoms with Gasteiger partial charge in [0.25, 0.3) is 5.91 Å². The van der Waals surface area contributed by atoms with Crippen molar-refractivity contribution in [2.75, 3.05) is 13.2 Å². The highest BCUT2D eigenvalue weighted by atomic mass is 16.5. The van der Waals surface area contributed by atoms with E-state index in [2.05, 4.69) is 4.90 Å². The minimum absolute atomic E-state index is 0.0697. The van der Waals surface area contributed by atoms with Crippen LogP contribution in [0.15, 0.2) is 24.3 Å². The van der Waals surface area contributed by atoms with Crippen molar-refractivity contribution in [3.63, 3.8) is 0 Å². The Bertz CT molecular complexity index is 515. The summed E-state index contributed by atoms with van der Waals surface area (Å²) in [5.41, 5.74) is 0.726. The molecule has 1 heterocycles. The lowest BCUT2D eigenvalue weighted by atomic mass is 9.78. The van der Waals surface area contributed by atoms with E-state index >= 15 is 0 Å². The number of aliphatic hydroxyl groups excluding tert-OH is 1. The van der Waals surface area contributed by atoms with Gasteiger partial charge in [-0.2, -0.15) is 0 Å². The zero-order chi connectivity index (χ0) is 15.4. The van der Waals surface area contributed by atoms with Crippen LogP contribution in [0.4, 0.5) is 0 Å². The van der Waals surface area contributed by atoms with Crippen LogP contribution >= 0.6 is 0 Å². The molecule has 4 heteroatoms. The van der Waals surface area contributed by atoms with Gasteiger partial charge in [-0.05, 0) is 37.7 Å². The van der Waals surface area contributed by atoms with Crippen molar-refractivity contribution in [1.82, 2.24) is 4.90 Å². The van der Waals surface area contributed by atoms with Gasteiger partial charge in [0.05, 0.1) is 6.61 Å². The molecule has 1 N–H and O–H groups in total. The van der Waals surface area contributed by atoms with E-state index in [9.17, 15) is 9.90 Å². The number of rotatable bonds is 4. The highest BCUT2D eigenvalue weighted by Gasteiger charge is 2.35. The van der Waals surface area contributed by atoms with Crippen LogP contribution in [0.2, 0.25) is 0 Å². The van der Waals surface area contributed by atoms with Crippen molar-refractivity contribution < 1.29 is 14.6 Å². The number of hydrogen-bond acceptors (Lipinski definition) is 3. The Kier molecular flexibility index (Phi) is 4.98. The minimum atomic E-state index is -0.0707. The molecule has 1 amide bonds. The van der Waals surface area contributed by atoms with Crippen molar-refractivity contribution in [2.45, 2.75) is 51.2 Å². The molecule has 22 heavy (non-hydrogen) atoms. The summed E-state index contributed by atoms with van der Waals surface area (Å²) in [4.78, 5) is 14.6. The average molecular weight is 303 g/mol. The molecule has 2 atom stereocenters. The number of nitrogens with zero attached hydrogens (tertiary/aromatic N) is 1. The topological polar surface area (TPSA) is 49.8 Å². The maximum Gasteiger partial charge on any atom is 0.260 e. The fourth-order valence-corrected chi connectivity index (χ4v) is 3.93. The van der Waals surface area contributed by atoms with E-state index in [1.54, 1.807) is 6.07 Å². The van der Waals surface area contributed by atoms with Gasteiger partial charge >= 0.3 is 0 Å².